The number of hydrogen-bond donors (Lipinski definition) is 4. The summed E-state index contributed by atoms with van der Waals surface area (Å²) < 4.78 is 45.5. The van der Waals surface area contributed by atoms with Crippen molar-refractivity contribution in [2.24, 2.45) is 0 Å². The molecule has 0 aliphatic rings. The first-order chi connectivity index (χ1) is 18.6. The van der Waals surface area contributed by atoms with E-state index in [1.165, 1.54) is 24.3 Å². The van der Waals surface area contributed by atoms with Gasteiger partial charge in [-0.2, -0.15) is 13.2 Å². The van der Waals surface area contributed by atoms with E-state index < -0.39 is 29.1 Å². The predicted molar refractivity (Wildman–Crippen MR) is 152 cm³/mol. The largest absolute Gasteiger partial charge is 0.417 e. The zero-order valence-electron chi connectivity index (χ0n) is 21.4. The van der Waals surface area contributed by atoms with Gasteiger partial charge >= 0.3 is 6.18 Å². The summed E-state index contributed by atoms with van der Waals surface area (Å²) in [5.74, 6) is -1.15. The summed E-state index contributed by atoms with van der Waals surface area (Å²) in [6.45, 7) is 2.82. The number of halogens is 5. The van der Waals surface area contributed by atoms with E-state index in [1.54, 1.807) is 32.2 Å². The number of amides is 2. The summed E-state index contributed by atoms with van der Waals surface area (Å²) in [4.78, 5) is 33.8. The summed E-state index contributed by atoms with van der Waals surface area (Å²) in [5, 5.41) is 8.85. The van der Waals surface area contributed by atoms with Crippen molar-refractivity contribution >= 4 is 64.2 Å². The predicted octanol–water partition coefficient (Wildman–Crippen LogP) is 6.92. The Morgan fingerprint density at radius 3 is 2.48 bits per heavy atom. The number of fused-ring (bicyclic) bond motifs is 1. The second kappa shape index (κ2) is 13.0. The minimum absolute atomic E-state index is 0. The van der Waals surface area contributed by atoms with Crippen molar-refractivity contribution < 1.29 is 27.5 Å². The molecule has 1 heterocycles. The Bertz CT molecular complexity index is 1530. The molecule has 13 heteroatoms. The minimum Gasteiger partial charge on any atom is -0.385 e. The molecule has 2 amide bonds. The maximum absolute atomic E-state index is 13.5. The highest BCUT2D eigenvalue weighted by atomic mass is 35.5. The number of carbonyl (C=O) groups is 2. The molecule has 0 fully saturated rings. The van der Waals surface area contributed by atoms with Crippen molar-refractivity contribution in [1.82, 2.24) is 9.97 Å². The van der Waals surface area contributed by atoms with Crippen LogP contribution in [0.4, 0.5) is 30.5 Å². The summed E-state index contributed by atoms with van der Waals surface area (Å²) >= 11 is 6.18. The molecule has 0 aliphatic heterocycles. The smallest absolute Gasteiger partial charge is 0.385 e. The van der Waals surface area contributed by atoms with Gasteiger partial charge in [0.05, 0.1) is 22.2 Å². The number of nitrogens with one attached hydrogen (secondary N) is 4. The van der Waals surface area contributed by atoms with Gasteiger partial charge in [0.25, 0.3) is 11.8 Å². The zero-order valence-corrected chi connectivity index (χ0v) is 23.0. The molecule has 212 valence electrons. The highest BCUT2D eigenvalue weighted by molar-refractivity contribution is 6.31. The van der Waals surface area contributed by atoms with Gasteiger partial charge in [0.1, 0.15) is 5.52 Å². The molecule has 0 saturated carbocycles. The summed E-state index contributed by atoms with van der Waals surface area (Å²) in [7, 11) is 1.59. The standard InChI is InChI=1S/C27H25ClF3N5O3.ClH/c1-15-20(28)9-5-10-21(15)34-25(38)18-13-16(14-22-23(18)36-26(35-22)32-11-6-12-39-2)33-24(37)17-7-3-4-8-19(17)27(29,30)31;/h3-5,7-10,13-14H,6,11-12H2,1-2H3,(H,33,37)(H,34,38)(H2,32,35,36);1H. The van der Waals surface area contributed by atoms with E-state index in [-0.39, 0.29) is 23.7 Å². The lowest BCUT2D eigenvalue weighted by Gasteiger charge is -2.14. The van der Waals surface area contributed by atoms with Crippen LogP contribution in [0.5, 0.6) is 0 Å². The van der Waals surface area contributed by atoms with E-state index >= 15 is 0 Å². The molecule has 3 aromatic carbocycles. The Hall–Kier alpha value is -3.80. The molecule has 8 nitrogen and oxygen atoms in total. The lowest BCUT2D eigenvalue weighted by atomic mass is 10.1. The fraction of sp³-hybridized carbons (Fsp3) is 0.222. The average molecular weight is 596 g/mol. The van der Waals surface area contributed by atoms with Gasteiger partial charge in [-0.15, -0.1) is 12.4 Å². The van der Waals surface area contributed by atoms with Crippen LogP contribution < -0.4 is 16.0 Å². The number of benzene rings is 3. The van der Waals surface area contributed by atoms with Gasteiger partial charge in [-0.05, 0) is 55.3 Å². The molecule has 40 heavy (non-hydrogen) atoms. The highest BCUT2D eigenvalue weighted by Gasteiger charge is 2.35. The van der Waals surface area contributed by atoms with Crippen LogP contribution in [0.2, 0.25) is 5.02 Å². The first kappa shape index (κ1) is 30.7. The molecule has 0 saturated heterocycles. The van der Waals surface area contributed by atoms with Crippen molar-refractivity contribution in [3.63, 3.8) is 0 Å². The number of aromatic nitrogens is 2. The van der Waals surface area contributed by atoms with Gasteiger partial charge in [-0.3, -0.25) is 9.59 Å². The minimum atomic E-state index is -4.72. The highest BCUT2D eigenvalue weighted by Crippen LogP contribution is 2.33. The molecular weight excluding hydrogens is 570 g/mol. The van der Waals surface area contributed by atoms with Gasteiger partial charge in [-0.1, -0.05) is 29.8 Å². The number of imidazole rings is 1. The van der Waals surface area contributed by atoms with Gasteiger partial charge in [0, 0.05) is 36.7 Å². The number of H-pyrrole nitrogens is 1. The van der Waals surface area contributed by atoms with Crippen LogP contribution >= 0.6 is 24.0 Å². The molecular formula is C27H26Cl2F3N5O3. The lowest BCUT2D eigenvalue weighted by molar-refractivity contribution is -0.137. The van der Waals surface area contributed by atoms with Crippen molar-refractivity contribution in [2.75, 3.05) is 36.2 Å². The third-order valence-electron chi connectivity index (χ3n) is 5.90. The molecule has 0 radical (unpaired) electrons. The van der Waals surface area contributed by atoms with E-state index in [9.17, 15) is 22.8 Å². The van der Waals surface area contributed by atoms with Crippen LogP contribution in [0.3, 0.4) is 0 Å². The lowest BCUT2D eigenvalue weighted by Crippen LogP contribution is -2.19. The van der Waals surface area contributed by atoms with E-state index in [4.69, 9.17) is 16.3 Å². The van der Waals surface area contributed by atoms with Gasteiger partial charge < -0.3 is 25.7 Å². The Balaban J connectivity index is 0.00000441. The maximum Gasteiger partial charge on any atom is 0.417 e. The van der Waals surface area contributed by atoms with E-state index in [0.717, 1.165) is 12.1 Å². The Labute approximate surface area is 239 Å². The molecule has 0 unspecified atom stereocenters. The first-order valence-corrected chi connectivity index (χ1v) is 12.3. The number of nitrogens with zero attached hydrogens (tertiary/aromatic N) is 1. The number of alkyl halides is 3. The van der Waals surface area contributed by atoms with Crippen LogP contribution in [0.15, 0.2) is 54.6 Å². The molecule has 0 bridgehead atoms. The molecule has 4 aromatic rings. The monoisotopic (exact) mass is 595 g/mol. The first-order valence-electron chi connectivity index (χ1n) is 11.9. The Morgan fingerprint density at radius 1 is 1.02 bits per heavy atom. The van der Waals surface area contributed by atoms with E-state index in [1.807, 2.05) is 0 Å². The van der Waals surface area contributed by atoms with Gasteiger partial charge in [0.2, 0.25) is 5.95 Å². The number of hydrogen-bond acceptors (Lipinski definition) is 5. The average Bonchev–Trinajstić information content (AvgIpc) is 3.31. The Morgan fingerprint density at radius 2 is 1.75 bits per heavy atom. The SMILES string of the molecule is COCCCNc1nc2c(C(=O)Nc3cccc(Cl)c3C)cc(NC(=O)c3ccccc3C(F)(F)F)cc2[nH]1.Cl. The second-order valence-electron chi connectivity index (χ2n) is 8.64. The van der Waals surface area contributed by atoms with Crippen LogP contribution in [0, 0.1) is 6.92 Å². The number of carbonyl (C=O) groups excluding carboxylic acids is 2. The van der Waals surface area contributed by atoms with Crippen LogP contribution in [0.1, 0.15) is 38.3 Å². The summed E-state index contributed by atoms with van der Waals surface area (Å²) in [5.41, 5.74) is 0.397. The third kappa shape index (κ3) is 7.04. The Kier molecular flexibility index (Phi) is 10.0. The number of anilines is 3. The number of rotatable bonds is 9. The number of aromatic amines is 1. The third-order valence-corrected chi connectivity index (χ3v) is 6.31. The van der Waals surface area contributed by atoms with Crippen molar-refractivity contribution in [2.45, 2.75) is 19.5 Å². The summed E-state index contributed by atoms with van der Waals surface area (Å²) in [6, 6.07) is 12.4. The maximum atomic E-state index is 13.5. The molecule has 1 aromatic heterocycles. The number of ether oxygens (including phenoxy) is 1. The van der Waals surface area contributed by atoms with E-state index in [0.29, 0.717) is 52.8 Å². The van der Waals surface area contributed by atoms with Crippen molar-refractivity contribution in [3.8, 4) is 0 Å². The van der Waals surface area contributed by atoms with Crippen LogP contribution in [0.25, 0.3) is 11.0 Å². The van der Waals surface area contributed by atoms with Crippen molar-refractivity contribution in [1.29, 1.82) is 0 Å². The normalized spacial score (nSPS) is 11.2. The zero-order chi connectivity index (χ0) is 28.2. The quantitative estimate of drug-likeness (QED) is 0.157. The summed E-state index contributed by atoms with van der Waals surface area (Å²) in [6.07, 6.45) is -4.01. The molecule has 0 aliphatic carbocycles. The molecule has 0 atom stereocenters. The topological polar surface area (TPSA) is 108 Å². The fourth-order valence-corrected chi connectivity index (χ4v) is 4.10. The number of methoxy groups -OCH3 is 1. The molecule has 4 N–H and O–H groups in total. The van der Waals surface area contributed by atoms with Gasteiger partial charge in [0.15, 0.2) is 0 Å². The molecule has 0 spiro atoms. The second-order valence-corrected chi connectivity index (χ2v) is 9.05. The van der Waals surface area contributed by atoms with Crippen LogP contribution in [-0.4, -0.2) is 42.0 Å². The van der Waals surface area contributed by atoms with Crippen molar-refractivity contribution in [3.05, 3.63) is 81.9 Å². The fourth-order valence-electron chi connectivity index (χ4n) is 3.93. The van der Waals surface area contributed by atoms with E-state index in [2.05, 4.69) is 25.9 Å². The van der Waals surface area contributed by atoms with Crippen LogP contribution in [-0.2, 0) is 10.9 Å². The molecule has 4 rings (SSSR count). The van der Waals surface area contributed by atoms with Gasteiger partial charge in [-0.25, -0.2) is 4.98 Å².